The molecule has 2 saturated heterocycles. The van der Waals surface area contributed by atoms with Crippen molar-refractivity contribution >= 4 is 6.03 Å². The quantitative estimate of drug-likeness (QED) is 0.837. The van der Waals surface area contributed by atoms with E-state index >= 15 is 0 Å². The number of carbonyl (C=O) groups excluding carboxylic acids is 1. The van der Waals surface area contributed by atoms with E-state index in [0.29, 0.717) is 18.5 Å². The van der Waals surface area contributed by atoms with Crippen LogP contribution in [0.15, 0.2) is 30.3 Å². The zero-order valence-corrected chi connectivity index (χ0v) is 11.7. The third-order valence-electron chi connectivity index (χ3n) is 4.35. The molecule has 5 heteroatoms. The summed E-state index contributed by atoms with van der Waals surface area (Å²) < 4.78 is 0. The van der Waals surface area contributed by atoms with Crippen molar-refractivity contribution in [2.75, 3.05) is 39.3 Å². The molecule has 0 saturated carbocycles. The van der Waals surface area contributed by atoms with Gasteiger partial charge in [0.25, 0.3) is 0 Å². The zero-order valence-electron chi connectivity index (χ0n) is 11.7. The largest absolute Gasteiger partial charge is 0.336 e. The molecule has 1 aromatic rings. The summed E-state index contributed by atoms with van der Waals surface area (Å²) in [6.07, 6.45) is 0. The van der Waals surface area contributed by atoms with Gasteiger partial charge >= 0.3 is 6.03 Å². The molecule has 0 aromatic heterocycles. The summed E-state index contributed by atoms with van der Waals surface area (Å²) in [5.41, 5.74) is 7.25. The minimum absolute atomic E-state index is 0.0908. The van der Waals surface area contributed by atoms with E-state index in [-0.39, 0.29) is 6.03 Å². The number of piperazine rings is 1. The van der Waals surface area contributed by atoms with Gasteiger partial charge in [-0.05, 0) is 5.56 Å². The van der Waals surface area contributed by atoms with Crippen molar-refractivity contribution in [2.24, 2.45) is 5.73 Å². The van der Waals surface area contributed by atoms with Gasteiger partial charge in [-0.15, -0.1) is 0 Å². The molecule has 2 aliphatic rings. The van der Waals surface area contributed by atoms with Crippen molar-refractivity contribution < 1.29 is 4.79 Å². The van der Waals surface area contributed by atoms with Crippen LogP contribution in [0.25, 0.3) is 0 Å². The van der Waals surface area contributed by atoms with Crippen molar-refractivity contribution in [3.63, 3.8) is 0 Å². The molecule has 108 valence electrons. The summed E-state index contributed by atoms with van der Waals surface area (Å²) in [6.45, 7) is 5.11. The predicted octanol–water partition coefficient (Wildman–Crippen LogP) is 0.438. The first-order chi connectivity index (χ1) is 9.78. The summed E-state index contributed by atoms with van der Waals surface area (Å²) in [5.74, 6) is 0.368. The van der Waals surface area contributed by atoms with Crippen molar-refractivity contribution in [1.29, 1.82) is 0 Å². The smallest absolute Gasteiger partial charge is 0.317 e. The fourth-order valence-electron chi connectivity index (χ4n) is 3.19. The van der Waals surface area contributed by atoms with E-state index in [2.05, 4.69) is 34.5 Å². The van der Waals surface area contributed by atoms with Gasteiger partial charge < -0.3 is 16.0 Å². The Morgan fingerprint density at radius 1 is 1.30 bits per heavy atom. The average Bonchev–Trinajstić information content (AvgIpc) is 2.86. The number of nitrogens with zero attached hydrogens (tertiary/aromatic N) is 2. The van der Waals surface area contributed by atoms with E-state index in [1.807, 2.05) is 11.0 Å². The van der Waals surface area contributed by atoms with E-state index in [4.69, 9.17) is 5.73 Å². The van der Waals surface area contributed by atoms with Gasteiger partial charge in [0, 0.05) is 45.2 Å². The van der Waals surface area contributed by atoms with Crippen molar-refractivity contribution in [3.8, 4) is 0 Å². The number of hydrogen-bond acceptors (Lipinski definition) is 3. The molecule has 3 rings (SSSR count). The lowest BCUT2D eigenvalue weighted by atomic mass is 9.98. The molecule has 2 heterocycles. The second-order valence-corrected chi connectivity index (χ2v) is 5.64. The maximum atomic E-state index is 11.6. The zero-order chi connectivity index (χ0) is 13.9. The summed E-state index contributed by atoms with van der Waals surface area (Å²) >= 11 is 0. The van der Waals surface area contributed by atoms with Gasteiger partial charge in [-0.3, -0.25) is 4.90 Å². The lowest BCUT2D eigenvalue weighted by Crippen LogP contribution is -2.53. The van der Waals surface area contributed by atoms with Crippen molar-refractivity contribution in [3.05, 3.63) is 35.9 Å². The van der Waals surface area contributed by atoms with Gasteiger partial charge in [-0.25, -0.2) is 4.79 Å². The molecule has 2 aliphatic heterocycles. The molecule has 5 nitrogen and oxygen atoms in total. The minimum atomic E-state index is 0.0908. The van der Waals surface area contributed by atoms with E-state index in [9.17, 15) is 4.79 Å². The number of hydrogen-bond donors (Lipinski definition) is 2. The normalized spacial score (nSPS) is 24.4. The predicted molar refractivity (Wildman–Crippen MR) is 78.6 cm³/mol. The van der Waals surface area contributed by atoms with E-state index in [1.165, 1.54) is 5.56 Å². The van der Waals surface area contributed by atoms with Gasteiger partial charge in [-0.2, -0.15) is 0 Å². The highest BCUT2D eigenvalue weighted by atomic mass is 16.2. The second kappa shape index (κ2) is 5.81. The number of fused-ring (bicyclic) bond motifs is 1. The third kappa shape index (κ3) is 2.64. The van der Waals surface area contributed by atoms with Crippen LogP contribution in [0.3, 0.4) is 0 Å². The number of nitrogens with two attached hydrogens (primary N) is 1. The van der Waals surface area contributed by atoms with E-state index in [1.54, 1.807) is 0 Å². The van der Waals surface area contributed by atoms with Crippen LogP contribution < -0.4 is 11.1 Å². The highest BCUT2D eigenvalue weighted by molar-refractivity contribution is 5.77. The molecule has 1 aromatic carbocycles. The fourth-order valence-corrected chi connectivity index (χ4v) is 3.19. The molecule has 2 fully saturated rings. The molecule has 0 bridgehead atoms. The van der Waals surface area contributed by atoms with Crippen molar-refractivity contribution in [1.82, 2.24) is 15.1 Å². The van der Waals surface area contributed by atoms with Crippen LogP contribution in [-0.4, -0.2) is 61.1 Å². The first-order valence-corrected chi connectivity index (χ1v) is 7.29. The Balaban J connectivity index is 1.62. The van der Waals surface area contributed by atoms with E-state index < -0.39 is 0 Å². The first-order valence-electron chi connectivity index (χ1n) is 7.29. The number of carbonyl (C=O) groups is 1. The Kier molecular flexibility index (Phi) is 3.89. The maximum absolute atomic E-state index is 11.6. The van der Waals surface area contributed by atoms with E-state index in [0.717, 1.165) is 32.7 Å². The van der Waals surface area contributed by atoms with Crippen LogP contribution in [0.5, 0.6) is 0 Å². The summed E-state index contributed by atoms with van der Waals surface area (Å²) in [4.78, 5) is 16.0. The second-order valence-electron chi connectivity index (χ2n) is 5.64. The molecule has 0 aliphatic carbocycles. The first kappa shape index (κ1) is 13.4. The van der Waals surface area contributed by atoms with Crippen molar-refractivity contribution in [2.45, 2.75) is 12.0 Å². The molecular weight excluding hydrogens is 252 g/mol. The molecule has 2 amide bonds. The van der Waals surface area contributed by atoms with Crippen LogP contribution in [0.1, 0.15) is 11.5 Å². The molecule has 0 spiro atoms. The Hall–Kier alpha value is -1.59. The molecule has 0 radical (unpaired) electrons. The summed E-state index contributed by atoms with van der Waals surface area (Å²) in [5, 5.41) is 2.92. The molecule has 3 N–H and O–H groups in total. The number of benzene rings is 1. The highest BCUT2D eigenvalue weighted by Crippen LogP contribution is 2.19. The standard InChI is InChI=1S/C15H22N4O/c16-8-13(12-4-2-1-3-5-12)10-18-6-7-19-14(11-18)9-17-15(19)20/h1-5,13-14H,6-11,16H2,(H,17,20). The molecular formula is C15H22N4O. The Labute approximate surface area is 119 Å². The number of urea groups is 1. The monoisotopic (exact) mass is 274 g/mol. The van der Waals surface area contributed by atoms with Crippen LogP contribution in [-0.2, 0) is 0 Å². The maximum Gasteiger partial charge on any atom is 0.317 e. The molecule has 2 atom stereocenters. The van der Waals surface area contributed by atoms with Crippen LogP contribution in [0.4, 0.5) is 4.79 Å². The molecule has 2 unspecified atom stereocenters. The Bertz CT molecular complexity index is 464. The SMILES string of the molecule is NCC(CN1CCN2C(=O)NCC2C1)c1ccccc1. The summed E-state index contributed by atoms with van der Waals surface area (Å²) in [6, 6.07) is 10.9. The van der Waals surface area contributed by atoms with Crippen LogP contribution >= 0.6 is 0 Å². The lowest BCUT2D eigenvalue weighted by molar-refractivity contribution is 0.117. The Morgan fingerprint density at radius 3 is 2.85 bits per heavy atom. The van der Waals surface area contributed by atoms with Gasteiger partial charge in [0.05, 0.1) is 6.04 Å². The fraction of sp³-hybridized carbons (Fsp3) is 0.533. The topological polar surface area (TPSA) is 61.6 Å². The van der Waals surface area contributed by atoms with Gasteiger partial charge in [0.15, 0.2) is 0 Å². The van der Waals surface area contributed by atoms with Crippen LogP contribution in [0, 0.1) is 0 Å². The number of nitrogens with one attached hydrogen (secondary N) is 1. The third-order valence-corrected chi connectivity index (χ3v) is 4.35. The van der Waals surface area contributed by atoms with Gasteiger partial charge in [0.2, 0.25) is 0 Å². The number of amides is 2. The van der Waals surface area contributed by atoms with Crippen LogP contribution in [0.2, 0.25) is 0 Å². The number of rotatable bonds is 4. The Morgan fingerprint density at radius 2 is 2.10 bits per heavy atom. The average molecular weight is 274 g/mol. The lowest BCUT2D eigenvalue weighted by Gasteiger charge is -2.38. The van der Waals surface area contributed by atoms with Gasteiger partial charge in [0.1, 0.15) is 0 Å². The molecule has 20 heavy (non-hydrogen) atoms. The highest BCUT2D eigenvalue weighted by Gasteiger charge is 2.35. The summed E-state index contributed by atoms with van der Waals surface area (Å²) in [7, 11) is 0. The minimum Gasteiger partial charge on any atom is -0.336 e. The van der Waals surface area contributed by atoms with Gasteiger partial charge in [-0.1, -0.05) is 30.3 Å².